The highest BCUT2D eigenvalue weighted by atomic mass is 32.2. The zero-order chi connectivity index (χ0) is 22.5. The molecule has 30 heavy (non-hydrogen) atoms. The predicted molar refractivity (Wildman–Crippen MR) is 121 cm³/mol. The van der Waals surface area contributed by atoms with Gasteiger partial charge in [0.15, 0.2) is 0 Å². The van der Waals surface area contributed by atoms with E-state index in [2.05, 4.69) is 5.32 Å². The van der Waals surface area contributed by atoms with E-state index < -0.39 is 16.1 Å². The van der Waals surface area contributed by atoms with Crippen molar-refractivity contribution in [3.8, 4) is 11.5 Å². The molecule has 0 aliphatic rings. The molecular formula is C23H32N2O4S. The van der Waals surface area contributed by atoms with Crippen LogP contribution in [0.2, 0.25) is 0 Å². The number of amides is 1. The molecule has 1 N–H and O–H groups in total. The van der Waals surface area contributed by atoms with Gasteiger partial charge in [-0.3, -0.25) is 9.10 Å². The first-order valence-corrected chi connectivity index (χ1v) is 12.0. The monoisotopic (exact) mass is 432 g/mol. The summed E-state index contributed by atoms with van der Waals surface area (Å²) in [7, 11) is -3.68. The third kappa shape index (κ3) is 6.23. The van der Waals surface area contributed by atoms with Crippen LogP contribution in [0.25, 0.3) is 0 Å². The average molecular weight is 433 g/mol. The van der Waals surface area contributed by atoms with Crippen LogP contribution in [0.5, 0.6) is 11.5 Å². The normalized spacial score (nSPS) is 12.8. The standard InChI is InChI=1S/C23H32N2O4S/c1-16(2)22(17(3)4)24-23(26)18(5)25(30(6,27)28)19-12-14-21(15-13-19)29-20-10-8-7-9-11-20/h7-18,22H,1-6H3,(H,24,26)/t18-/m0/s1. The van der Waals surface area contributed by atoms with Crippen LogP contribution in [0.4, 0.5) is 5.69 Å². The third-order valence-corrected chi connectivity index (χ3v) is 6.15. The Balaban J connectivity index is 2.24. The van der Waals surface area contributed by atoms with Crippen molar-refractivity contribution in [2.75, 3.05) is 10.6 Å². The molecule has 2 aromatic carbocycles. The number of sulfonamides is 1. The molecular weight excluding hydrogens is 400 g/mol. The van der Waals surface area contributed by atoms with Gasteiger partial charge < -0.3 is 10.1 Å². The predicted octanol–water partition coefficient (Wildman–Crippen LogP) is 4.43. The molecule has 0 aliphatic heterocycles. The van der Waals surface area contributed by atoms with Gasteiger partial charge in [-0.15, -0.1) is 0 Å². The van der Waals surface area contributed by atoms with Gasteiger partial charge >= 0.3 is 0 Å². The summed E-state index contributed by atoms with van der Waals surface area (Å²) >= 11 is 0. The molecule has 0 radical (unpaired) electrons. The molecule has 0 saturated heterocycles. The van der Waals surface area contributed by atoms with Crippen molar-refractivity contribution < 1.29 is 17.9 Å². The second-order valence-corrected chi connectivity index (χ2v) is 10.0. The zero-order valence-corrected chi connectivity index (χ0v) is 19.3. The fourth-order valence-corrected chi connectivity index (χ4v) is 4.66. The molecule has 2 aromatic rings. The Morgan fingerprint density at radius 1 is 0.867 bits per heavy atom. The van der Waals surface area contributed by atoms with E-state index in [-0.39, 0.29) is 23.8 Å². The molecule has 0 unspecified atom stereocenters. The van der Waals surface area contributed by atoms with Crippen LogP contribution < -0.4 is 14.4 Å². The maximum atomic E-state index is 12.9. The van der Waals surface area contributed by atoms with Crippen LogP contribution in [0, 0.1) is 11.8 Å². The van der Waals surface area contributed by atoms with Crippen LogP contribution in [0.1, 0.15) is 34.6 Å². The van der Waals surface area contributed by atoms with E-state index in [1.807, 2.05) is 58.0 Å². The van der Waals surface area contributed by atoms with E-state index >= 15 is 0 Å². The lowest BCUT2D eigenvalue weighted by molar-refractivity contribution is -0.123. The Hall–Kier alpha value is -2.54. The lowest BCUT2D eigenvalue weighted by Gasteiger charge is -2.32. The molecule has 0 aromatic heterocycles. The molecule has 7 heteroatoms. The number of para-hydroxylation sites is 1. The molecule has 0 heterocycles. The molecule has 0 saturated carbocycles. The molecule has 0 bridgehead atoms. The van der Waals surface area contributed by atoms with E-state index in [1.165, 1.54) is 0 Å². The summed E-state index contributed by atoms with van der Waals surface area (Å²) < 4.78 is 32.0. The van der Waals surface area contributed by atoms with Gasteiger partial charge in [0.25, 0.3) is 0 Å². The van der Waals surface area contributed by atoms with Crippen molar-refractivity contribution >= 4 is 21.6 Å². The largest absolute Gasteiger partial charge is 0.457 e. The number of anilines is 1. The van der Waals surface area contributed by atoms with Crippen LogP contribution in [-0.4, -0.2) is 32.7 Å². The Bertz CT molecular complexity index is 917. The minimum Gasteiger partial charge on any atom is -0.457 e. The molecule has 0 spiro atoms. The van der Waals surface area contributed by atoms with Gasteiger partial charge in [0, 0.05) is 6.04 Å². The molecule has 1 amide bonds. The number of carbonyl (C=O) groups excluding carboxylic acids is 1. The van der Waals surface area contributed by atoms with Crippen molar-refractivity contribution in [1.29, 1.82) is 0 Å². The maximum absolute atomic E-state index is 12.9. The van der Waals surface area contributed by atoms with Gasteiger partial charge in [-0.2, -0.15) is 0 Å². The average Bonchev–Trinajstić information content (AvgIpc) is 2.66. The summed E-state index contributed by atoms with van der Waals surface area (Å²) in [5.74, 6) is 1.42. The van der Waals surface area contributed by atoms with Crippen LogP contribution >= 0.6 is 0 Å². The molecule has 164 valence electrons. The summed E-state index contributed by atoms with van der Waals surface area (Å²) in [6, 6.07) is 15.1. The lowest BCUT2D eigenvalue weighted by atomic mass is 9.93. The number of hydrogen-bond donors (Lipinski definition) is 1. The second kappa shape index (κ2) is 9.98. The minimum atomic E-state index is -3.68. The second-order valence-electron chi connectivity index (χ2n) is 8.17. The van der Waals surface area contributed by atoms with Crippen molar-refractivity contribution in [3.63, 3.8) is 0 Å². The summed E-state index contributed by atoms with van der Waals surface area (Å²) in [6.07, 6.45) is 1.10. The first-order valence-electron chi connectivity index (χ1n) is 10.1. The fraction of sp³-hybridized carbons (Fsp3) is 0.435. The Kier molecular flexibility index (Phi) is 7.89. The van der Waals surface area contributed by atoms with Gasteiger partial charge in [-0.1, -0.05) is 45.9 Å². The molecule has 0 aliphatic carbocycles. The van der Waals surface area contributed by atoms with Crippen LogP contribution in [-0.2, 0) is 14.8 Å². The van der Waals surface area contributed by atoms with Crippen molar-refractivity contribution in [2.45, 2.75) is 46.7 Å². The van der Waals surface area contributed by atoms with E-state index in [0.29, 0.717) is 17.2 Å². The van der Waals surface area contributed by atoms with Crippen molar-refractivity contribution in [1.82, 2.24) is 5.32 Å². The Morgan fingerprint density at radius 2 is 1.37 bits per heavy atom. The highest BCUT2D eigenvalue weighted by molar-refractivity contribution is 7.92. The number of ether oxygens (including phenoxy) is 1. The van der Waals surface area contributed by atoms with Gasteiger partial charge in [0.1, 0.15) is 17.5 Å². The summed E-state index contributed by atoms with van der Waals surface area (Å²) in [4.78, 5) is 12.9. The number of benzene rings is 2. The molecule has 6 nitrogen and oxygen atoms in total. The first kappa shape index (κ1) is 23.7. The highest BCUT2D eigenvalue weighted by Gasteiger charge is 2.31. The number of carbonyl (C=O) groups is 1. The lowest BCUT2D eigenvalue weighted by Crippen LogP contribution is -2.52. The Labute approximate surface area is 180 Å². The topological polar surface area (TPSA) is 75.7 Å². The van der Waals surface area contributed by atoms with Crippen molar-refractivity contribution in [2.24, 2.45) is 11.8 Å². The summed E-state index contributed by atoms with van der Waals surface area (Å²) in [5, 5.41) is 3.01. The zero-order valence-electron chi connectivity index (χ0n) is 18.5. The fourth-order valence-electron chi connectivity index (χ4n) is 3.48. The summed E-state index contributed by atoms with van der Waals surface area (Å²) in [5.41, 5.74) is 0.409. The van der Waals surface area contributed by atoms with Gasteiger partial charge in [0.2, 0.25) is 15.9 Å². The summed E-state index contributed by atoms with van der Waals surface area (Å²) in [6.45, 7) is 9.75. The van der Waals surface area contributed by atoms with E-state index in [0.717, 1.165) is 10.6 Å². The molecule has 1 atom stereocenters. The third-order valence-electron chi connectivity index (χ3n) is 4.90. The number of nitrogens with zero attached hydrogens (tertiary/aromatic N) is 1. The highest BCUT2D eigenvalue weighted by Crippen LogP contribution is 2.27. The van der Waals surface area contributed by atoms with Gasteiger partial charge in [0.05, 0.1) is 11.9 Å². The molecule has 0 fully saturated rings. The number of hydrogen-bond acceptors (Lipinski definition) is 4. The quantitative estimate of drug-likeness (QED) is 0.636. The minimum absolute atomic E-state index is 0.0389. The van der Waals surface area contributed by atoms with Crippen LogP contribution in [0.3, 0.4) is 0 Å². The van der Waals surface area contributed by atoms with E-state index in [4.69, 9.17) is 4.74 Å². The number of rotatable bonds is 9. The van der Waals surface area contributed by atoms with Gasteiger partial charge in [-0.25, -0.2) is 8.42 Å². The Morgan fingerprint density at radius 3 is 1.83 bits per heavy atom. The van der Waals surface area contributed by atoms with Crippen molar-refractivity contribution in [3.05, 3.63) is 54.6 Å². The van der Waals surface area contributed by atoms with Gasteiger partial charge in [-0.05, 0) is 55.2 Å². The first-order chi connectivity index (χ1) is 14.0. The smallest absolute Gasteiger partial charge is 0.243 e. The maximum Gasteiger partial charge on any atom is 0.243 e. The number of nitrogens with one attached hydrogen (secondary N) is 1. The molecule has 2 rings (SSSR count). The van der Waals surface area contributed by atoms with E-state index in [9.17, 15) is 13.2 Å². The SMILES string of the molecule is CC(C)C(NC(=O)[C@H](C)N(c1ccc(Oc2ccccc2)cc1)S(C)(=O)=O)C(C)C. The van der Waals surface area contributed by atoms with Crippen LogP contribution in [0.15, 0.2) is 54.6 Å². The van der Waals surface area contributed by atoms with E-state index in [1.54, 1.807) is 31.2 Å².